The lowest BCUT2D eigenvalue weighted by atomic mass is 10.0. The Labute approximate surface area is 196 Å². The number of benzene rings is 4. The number of fused-ring (bicyclic) bond motifs is 1. The van der Waals surface area contributed by atoms with Gasteiger partial charge in [0.05, 0.1) is 10.6 Å². The van der Waals surface area contributed by atoms with Crippen LogP contribution in [-0.2, 0) is 4.74 Å². The highest BCUT2D eigenvalue weighted by molar-refractivity contribution is 6.36. The average Bonchev–Trinajstić information content (AvgIpc) is 3.25. The van der Waals surface area contributed by atoms with Gasteiger partial charge in [-0.15, -0.1) is 0 Å². The summed E-state index contributed by atoms with van der Waals surface area (Å²) in [6.45, 7) is 0. The van der Waals surface area contributed by atoms with Crippen LogP contribution in [0.25, 0.3) is 34.1 Å². The number of furan rings is 1. The molecule has 0 spiro atoms. The van der Waals surface area contributed by atoms with Crippen LogP contribution in [0.15, 0.2) is 114 Å². The van der Waals surface area contributed by atoms with Crippen molar-refractivity contribution >= 4 is 40.4 Å². The quantitative estimate of drug-likeness (QED) is 0.200. The molecule has 0 amide bonds. The minimum Gasteiger partial charge on any atom is -0.455 e. The van der Waals surface area contributed by atoms with Gasteiger partial charge in [0.15, 0.2) is 0 Å². The third-order valence-electron chi connectivity index (χ3n) is 5.28. The Morgan fingerprint density at radius 1 is 0.727 bits per heavy atom. The average molecular weight is 451 g/mol. The summed E-state index contributed by atoms with van der Waals surface area (Å²) in [6, 6.07) is 33.8. The smallest absolute Gasteiger partial charge is 0.343 e. The molecule has 0 bridgehead atoms. The normalized spacial score (nSPS) is 11.5. The fraction of sp³-hybridized carbons (Fsp3) is 0. The minimum atomic E-state index is -0.439. The molecule has 1 aromatic heterocycles. The SMILES string of the molecule is O=C(O/C(=C\c1c(-c2ccccc2)oc2cccc(Cl)c12)c1ccccc1)c1ccccc1. The molecular weight excluding hydrogens is 432 g/mol. The lowest BCUT2D eigenvalue weighted by Crippen LogP contribution is -2.04. The van der Waals surface area contributed by atoms with Crippen LogP contribution in [0.1, 0.15) is 21.5 Å². The van der Waals surface area contributed by atoms with Gasteiger partial charge in [-0.1, -0.05) is 96.5 Å². The summed E-state index contributed by atoms with van der Waals surface area (Å²) in [7, 11) is 0. The molecule has 0 N–H and O–H groups in total. The summed E-state index contributed by atoms with van der Waals surface area (Å²) >= 11 is 6.60. The molecule has 0 aliphatic carbocycles. The number of hydrogen-bond donors (Lipinski definition) is 0. The first kappa shape index (κ1) is 20.8. The fourth-order valence-electron chi connectivity index (χ4n) is 3.71. The number of rotatable bonds is 5. The zero-order chi connectivity index (χ0) is 22.6. The molecule has 1 heterocycles. The predicted octanol–water partition coefficient (Wildman–Crippen LogP) is 8.11. The maximum Gasteiger partial charge on any atom is 0.343 e. The van der Waals surface area contributed by atoms with E-state index in [1.54, 1.807) is 24.3 Å². The molecule has 0 atom stereocenters. The third-order valence-corrected chi connectivity index (χ3v) is 5.60. The van der Waals surface area contributed by atoms with Crippen LogP contribution >= 0.6 is 11.6 Å². The van der Waals surface area contributed by atoms with E-state index in [1.165, 1.54) is 0 Å². The van der Waals surface area contributed by atoms with Gasteiger partial charge in [0.2, 0.25) is 0 Å². The van der Waals surface area contributed by atoms with Crippen molar-refractivity contribution in [3.63, 3.8) is 0 Å². The lowest BCUT2D eigenvalue weighted by molar-refractivity contribution is 0.0693. The van der Waals surface area contributed by atoms with Crippen molar-refractivity contribution < 1.29 is 13.9 Å². The maximum atomic E-state index is 12.9. The van der Waals surface area contributed by atoms with E-state index >= 15 is 0 Å². The molecule has 4 aromatic carbocycles. The number of carbonyl (C=O) groups excluding carboxylic acids is 1. The van der Waals surface area contributed by atoms with Crippen molar-refractivity contribution in [1.82, 2.24) is 0 Å². The molecule has 0 saturated heterocycles. The Kier molecular flexibility index (Phi) is 5.79. The van der Waals surface area contributed by atoms with Crippen molar-refractivity contribution in [1.29, 1.82) is 0 Å². The Morgan fingerprint density at radius 2 is 1.33 bits per heavy atom. The molecule has 5 aromatic rings. The number of ether oxygens (including phenoxy) is 1. The highest BCUT2D eigenvalue weighted by Gasteiger charge is 2.19. The van der Waals surface area contributed by atoms with E-state index in [2.05, 4.69) is 0 Å². The van der Waals surface area contributed by atoms with Crippen molar-refractivity contribution in [2.24, 2.45) is 0 Å². The standard InChI is InChI=1S/C29H19ClO3/c30-24-17-10-18-25-27(24)23(28(32-25)21-13-6-2-7-14-21)19-26(20-11-4-1-5-12-20)33-29(31)22-15-8-3-9-16-22/h1-19H/b26-19-. The van der Waals surface area contributed by atoms with Crippen LogP contribution in [0, 0.1) is 0 Å². The Balaban J connectivity index is 1.71. The van der Waals surface area contributed by atoms with Crippen LogP contribution < -0.4 is 0 Å². The van der Waals surface area contributed by atoms with Crippen molar-refractivity contribution in [2.45, 2.75) is 0 Å². The van der Waals surface area contributed by atoms with Gasteiger partial charge in [-0.2, -0.15) is 0 Å². The molecule has 0 unspecified atom stereocenters. The zero-order valence-electron chi connectivity index (χ0n) is 17.6. The summed E-state index contributed by atoms with van der Waals surface area (Å²) in [4.78, 5) is 12.9. The fourth-order valence-corrected chi connectivity index (χ4v) is 3.98. The Hall–Kier alpha value is -4.08. The Bertz CT molecular complexity index is 1440. The van der Waals surface area contributed by atoms with Crippen LogP contribution in [0.2, 0.25) is 5.02 Å². The van der Waals surface area contributed by atoms with Gasteiger partial charge in [0.25, 0.3) is 0 Å². The summed E-state index contributed by atoms with van der Waals surface area (Å²) < 4.78 is 12.1. The van der Waals surface area contributed by atoms with E-state index in [1.807, 2.05) is 91.0 Å². The first-order valence-electron chi connectivity index (χ1n) is 10.5. The van der Waals surface area contributed by atoms with E-state index in [4.69, 9.17) is 20.8 Å². The van der Waals surface area contributed by atoms with Crippen LogP contribution in [0.3, 0.4) is 0 Å². The largest absolute Gasteiger partial charge is 0.455 e. The molecule has 5 rings (SSSR count). The van der Waals surface area contributed by atoms with E-state index in [0.29, 0.717) is 27.7 Å². The minimum absolute atomic E-state index is 0.407. The second-order valence-electron chi connectivity index (χ2n) is 7.45. The first-order chi connectivity index (χ1) is 16.2. The first-order valence-corrected chi connectivity index (χ1v) is 10.9. The maximum absolute atomic E-state index is 12.9. The highest BCUT2D eigenvalue weighted by Crippen LogP contribution is 2.39. The van der Waals surface area contributed by atoms with Crippen molar-refractivity contribution in [2.75, 3.05) is 0 Å². The summed E-state index contributed by atoms with van der Waals surface area (Å²) in [5.74, 6) is 0.623. The van der Waals surface area contributed by atoms with Gasteiger partial charge in [-0.3, -0.25) is 0 Å². The molecule has 160 valence electrons. The summed E-state index contributed by atoms with van der Waals surface area (Å²) in [5, 5.41) is 1.33. The molecule has 3 nitrogen and oxygen atoms in total. The highest BCUT2D eigenvalue weighted by atomic mass is 35.5. The lowest BCUT2D eigenvalue weighted by Gasteiger charge is -2.10. The predicted molar refractivity (Wildman–Crippen MR) is 133 cm³/mol. The van der Waals surface area contributed by atoms with Crippen LogP contribution in [0.4, 0.5) is 0 Å². The van der Waals surface area contributed by atoms with Gasteiger partial charge < -0.3 is 9.15 Å². The molecule has 33 heavy (non-hydrogen) atoms. The van der Waals surface area contributed by atoms with E-state index < -0.39 is 5.97 Å². The second-order valence-corrected chi connectivity index (χ2v) is 7.86. The van der Waals surface area contributed by atoms with Gasteiger partial charge in [-0.05, 0) is 30.3 Å². The van der Waals surface area contributed by atoms with E-state index in [9.17, 15) is 4.79 Å². The molecule has 0 fully saturated rings. The second kappa shape index (κ2) is 9.19. The molecule has 0 saturated carbocycles. The van der Waals surface area contributed by atoms with E-state index in [-0.39, 0.29) is 0 Å². The number of halogens is 1. The van der Waals surface area contributed by atoms with Gasteiger partial charge in [0.1, 0.15) is 17.1 Å². The number of hydrogen-bond acceptors (Lipinski definition) is 3. The topological polar surface area (TPSA) is 39.4 Å². The monoisotopic (exact) mass is 450 g/mol. The van der Waals surface area contributed by atoms with E-state index in [0.717, 1.165) is 22.1 Å². The number of carbonyl (C=O) groups is 1. The third kappa shape index (κ3) is 4.32. The zero-order valence-corrected chi connectivity index (χ0v) is 18.3. The van der Waals surface area contributed by atoms with Crippen molar-refractivity contribution in [3.05, 3.63) is 131 Å². The molecule has 4 heteroatoms. The summed E-state index contributed by atoms with van der Waals surface area (Å²) in [5.41, 5.74) is 3.55. The van der Waals surface area contributed by atoms with Crippen LogP contribution in [-0.4, -0.2) is 5.97 Å². The van der Waals surface area contributed by atoms with Crippen LogP contribution in [0.5, 0.6) is 0 Å². The van der Waals surface area contributed by atoms with Crippen molar-refractivity contribution in [3.8, 4) is 11.3 Å². The van der Waals surface area contributed by atoms with Gasteiger partial charge >= 0.3 is 5.97 Å². The molecule has 0 radical (unpaired) electrons. The van der Waals surface area contributed by atoms with Gasteiger partial charge in [-0.25, -0.2) is 4.79 Å². The molecule has 0 aliphatic heterocycles. The van der Waals surface area contributed by atoms with Gasteiger partial charge in [0, 0.05) is 22.1 Å². The Morgan fingerprint density at radius 3 is 2.00 bits per heavy atom. The number of esters is 1. The molecule has 0 aliphatic rings. The summed E-state index contributed by atoms with van der Waals surface area (Å²) in [6.07, 6.45) is 1.83. The molecular formula is C29H19ClO3.